The van der Waals surface area contributed by atoms with Gasteiger partial charge in [-0.15, -0.1) is 0 Å². The van der Waals surface area contributed by atoms with Gasteiger partial charge in [0.1, 0.15) is 11.3 Å². The van der Waals surface area contributed by atoms with Gasteiger partial charge in [-0.2, -0.15) is 5.10 Å². The summed E-state index contributed by atoms with van der Waals surface area (Å²) in [6.07, 6.45) is 4.66. The van der Waals surface area contributed by atoms with Crippen LogP contribution in [0.5, 0.6) is 0 Å². The van der Waals surface area contributed by atoms with Crippen LogP contribution in [0.3, 0.4) is 0 Å². The van der Waals surface area contributed by atoms with E-state index in [1.807, 2.05) is 42.5 Å². The van der Waals surface area contributed by atoms with Gasteiger partial charge in [-0.05, 0) is 30.9 Å². The van der Waals surface area contributed by atoms with Crippen molar-refractivity contribution in [1.29, 1.82) is 0 Å². The molecule has 4 aromatic rings. The molecule has 2 aromatic heterocycles. The maximum atomic E-state index is 11.7. The summed E-state index contributed by atoms with van der Waals surface area (Å²) in [5.41, 5.74) is 11.1. The second-order valence-corrected chi connectivity index (χ2v) is 7.55. The van der Waals surface area contributed by atoms with Crippen LogP contribution in [0, 0.1) is 0 Å². The summed E-state index contributed by atoms with van der Waals surface area (Å²) in [6.45, 7) is 0. The van der Waals surface area contributed by atoms with Crippen molar-refractivity contribution in [2.75, 3.05) is 0 Å². The van der Waals surface area contributed by atoms with Crippen LogP contribution in [-0.2, 0) is 5.54 Å². The van der Waals surface area contributed by atoms with Crippen LogP contribution in [0.15, 0.2) is 66.9 Å². The van der Waals surface area contributed by atoms with Crippen molar-refractivity contribution in [2.45, 2.75) is 24.8 Å². The molecule has 3 N–H and O–H groups in total. The van der Waals surface area contributed by atoms with E-state index >= 15 is 0 Å². The van der Waals surface area contributed by atoms with Gasteiger partial charge in [0, 0.05) is 22.9 Å². The molecule has 144 valence electrons. The highest BCUT2D eigenvalue weighted by Crippen LogP contribution is 2.40. The molecule has 0 atom stereocenters. The third-order valence-electron chi connectivity index (χ3n) is 5.78. The Labute approximate surface area is 167 Å². The zero-order valence-corrected chi connectivity index (χ0v) is 15.7. The lowest BCUT2D eigenvalue weighted by Crippen LogP contribution is -2.43. The lowest BCUT2D eigenvalue weighted by Gasteiger charge is -2.38. The van der Waals surface area contributed by atoms with Gasteiger partial charge in [-0.25, -0.2) is 14.3 Å². The molecule has 1 aliphatic carbocycles. The van der Waals surface area contributed by atoms with E-state index in [0.29, 0.717) is 11.3 Å². The predicted molar refractivity (Wildman–Crippen MR) is 111 cm³/mol. The molecule has 1 fully saturated rings. The fraction of sp³-hybridized carbons (Fsp3) is 0.174. The molecule has 0 aliphatic heterocycles. The fourth-order valence-electron chi connectivity index (χ4n) is 3.98. The molecule has 0 radical (unpaired) electrons. The number of benzene rings is 2. The van der Waals surface area contributed by atoms with Crippen molar-refractivity contribution in [2.24, 2.45) is 5.73 Å². The molecule has 2 heterocycles. The molecule has 1 aliphatic rings. The minimum absolute atomic E-state index is 0.121. The highest BCUT2D eigenvalue weighted by atomic mass is 16.4. The lowest BCUT2D eigenvalue weighted by molar-refractivity contribution is 0.0698. The number of carboxylic acid groups (broad SMARTS) is 1. The number of nitrogens with two attached hydrogens (primary N) is 1. The maximum Gasteiger partial charge on any atom is 0.339 e. The van der Waals surface area contributed by atoms with E-state index in [1.54, 1.807) is 4.52 Å². The molecule has 0 amide bonds. The Morgan fingerprint density at radius 2 is 1.72 bits per heavy atom. The van der Waals surface area contributed by atoms with Crippen LogP contribution in [0.25, 0.3) is 28.2 Å². The fourth-order valence-corrected chi connectivity index (χ4v) is 3.98. The summed E-state index contributed by atoms with van der Waals surface area (Å²) in [6, 6.07) is 19.4. The lowest BCUT2D eigenvalue weighted by atomic mass is 9.72. The molecule has 0 bridgehead atoms. The number of hydrogen-bond donors (Lipinski definition) is 2. The van der Waals surface area contributed by atoms with Gasteiger partial charge in [-0.1, -0.05) is 54.6 Å². The van der Waals surface area contributed by atoms with Crippen LogP contribution >= 0.6 is 0 Å². The molecule has 6 heteroatoms. The van der Waals surface area contributed by atoms with E-state index in [0.717, 1.165) is 41.6 Å². The van der Waals surface area contributed by atoms with Crippen molar-refractivity contribution in [3.8, 4) is 22.5 Å². The molecule has 2 aromatic carbocycles. The van der Waals surface area contributed by atoms with E-state index in [-0.39, 0.29) is 11.1 Å². The van der Waals surface area contributed by atoms with Crippen LogP contribution in [-0.4, -0.2) is 25.7 Å². The second kappa shape index (κ2) is 6.53. The average Bonchev–Trinajstić information content (AvgIpc) is 3.12. The van der Waals surface area contributed by atoms with Crippen molar-refractivity contribution in [3.05, 3.63) is 78.0 Å². The Morgan fingerprint density at radius 3 is 2.34 bits per heavy atom. The summed E-state index contributed by atoms with van der Waals surface area (Å²) in [5.74, 6) is -1.03. The SMILES string of the molecule is NC1(c2ccc(-c3nc4c(C(=O)O)ccnn4c3-c3ccccc3)cc2)CCC1. The number of carboxylic acids is 1. The highest BCUT2D eigenvalue weighted by molar-refractivity contribution is 5.96. The topological polar surface area (TPSA) is 93.5 Å². The summed E-state index contributed by atoms with van der Waals surface area (Å²) in [4.78, 5) is 16.4. The average molecular weight is 384 g/mol. The summed E-state index contributed by atoms with van der Waals surface area (Å²) >= 11 is 0. The van der Waals surface area contributed by atoms with E-state index in [9.17, 15) is 9.90 Å². The van der Waals surface area contributed by atoms with Gasteiger partial charge in [0.2, 0.25) is 0 Å². The first-order valence-corrected chi connectivity index (χ1v) is 9.63. The molecule has 5 rings (SSSR count). The smallest absolute Gasteiger partial charge is 0.339 e. The molecular weight excluding hydrogens is 364 g/mol. The maximum absolute atomic E-state index is 11.7. The number of rotatable bonds is 4. The minimum Gasteiger partial charge on any atom is -0.478 e. The molecular formula is C23H20N4O2. The molecule has 0 saturated heterocycles. The van der Waals surface area contributed by atoms with Crippen LogP contribution in [0.2, 0.25) is 0 Å². The largest absolute Gasteiger partial charge is 0.478 e. The monoisotopic (exact) mass is 384 g/mol. The van der Waals surface area contributed by atoms with E-state index in [1.165, 1.54) is 12.3 Å². The Morgan fingerprint density at radius 1 is 1.00 bits per heavy atom. The van der Waals surface area contributed by atoms with E-state index in [2.05, 4.69) is 17.2 Å². The van der Waals surface area contributed by atoms with Gasteiger partial charge in [0.15, 0.2) is 5.65 Å². The Balaban J connectivity index is 1.72. The number of nitrogens with zero attached hydrogens (tertiary/aromatic N) is 3. The Hall–Kier alpha value is -3.51. The molecule has 1 saturated carbocycles. The zero-order chi connectivity index (χ0) is 20.0. The normalized spacial score (nSPS) is 15.2. The van der Waals surface area contributed by atoms with Crippen molar-refractivity contribution in [1.82, 2.24) is 14.6 Å². The van der Waals surface area contributed by atoms with Gasteiger partial charge in [0.25, 0.3) is 0 Å². The first kappa shape index (κ1) is 17.6. The highest BCUT2D eigenvalue weighted by Gasteiger charge is 2.34. The van der Waals surface area contributed by atoms with E-state index in [4.69, 9.17) is 10.7 Å². The summed E-state index contributed by atoms with van der Waals surface area (Å²) < 4.78 is 1.61. The summed E-state index contributed by atoms with van der Waals surface area (Å²) in [5, 5.41) is 14.0. The van der Waals surface area contributed by atoms with Gasteiger partial charge in [0.05, 0.1) is 5.69 Å². The Bertz CT molecular complexity index is 1210. The first-order valence-electron chi connectivity index (χ1n) is 9.63. The molecule has 29 heavy (non-hydrogen) atoms. The van der Waals surface area contributed by atoms with Crippen LogP contribution in [0.1, 0.15) is 35.2 Å². The quantitative estimate of drug-likeness (QED) is 0.552. The number of aromatic carboxylic acids is 1. The molecule has 0 spiro atoms. The summed E-state index contributed by atoms with van der Waals surface area (Å²) in [7, 11) is 0. The third-order valence-corrected chi connectivity index (χ3v) is 5.78. The predicted octanol–water partition coefficient (Wildman–Crippen LogP) is 4.10. The van der Waals surface area contributed by atoms with Gasteiger partial charge < -0.3 is 10.8 Å². The van der Waals surface area contributed by atoms with Gasteiger partial charge in [-0.3, -0.25) is 0 Å². The van der Waals surface area contributed by atoms with E-state index < -0.39 is 5.97 Å². The van der Waals surface area contributed by atoms with Crippen LogP contribution < -0.4 is 5.73 Å². The number of fused-ring (bicyclic) bond motifs is 1. The third kappa shape index (κ3) is 2.80. The van der Waals surface area contributed by atoms with Crippen molar-refractivity contribution in [3.63, 3.8) is 0 Å². The van der Waals surface area contributed by atoms with Gasteiger partial charge >= 0.3 is 5.97 Å². The Kier molecular flexibility index (Phi) is 3.96. The first-order chi connectivity index (χ1) is 14.1. The number of aromatic nitrogens is 3. The van der Waals surface area contributed by atoms with Crippen molar-refractivity contribution >= 4 is 11.6 Å². The van der Waals surface area contributed by atoms with Crippen LogP contribution in [0.4, 0.5) is 0 Å². The number of hydrogen-bond acceptors (Lipinski definition) is 4. The molecule has 0 unspecified atom stereocenters. The molecule has 6 nitrogen and oxygen atoms in total. The zero-order valence-electron chi connectivity index (χ0n) is 15.7. The van der Waals surface area contributed by atoms with Crippen molar-refractivity contribution < 1.29 is 9.90 Å². The standard InChI is InChI=1S/C23H20N4O2/c24-23(12-4-13-23)17-9-7-15(8-10-17)19-20(16-5-2-1-3-6-16)27-21(26-19)18(22(28)29)11-14-25-27/h1-3,5-11,14H,4,12-13,24H2,(H,28,29). The number of imidazole rings is 1. The second-order valence-electron chi connectivity index (χ2n) is 7.55. The minimum atomic E-state index is -1.03. The number of carbonyl (C=O) groups is 1.